The van der Waals surface area contributed by atoms with E-state index in [1.165, 1.54) is 0 Å². The van der Waals surface area contributed by atoms with Crippen molar-refractivity contribution in [3.63, 3.8) is 0 Å². The van der Waals surface area contributed by atoms with E-state index in [1.54, 1.807) is 13.2 Å². The zero-order chi connectivity index (χ0) is 24.3. The number of benzene rings is 2. The molecule has 3 aromatic rings. The molecule has 4 heterocycles. The number of amides is 3. The first-order valence-electron chi connectivity index (χ1n) is 12.1. The van der Waals surface area contributed by atoms with Crippen molar-refractivity contribution < 1.29 is 19.1 Å². The van der Waals surface area contributed by atoms with Crippen LogP contribution in [0.25, 0.3) is 10.9 Å². The van der Waals surface area contributed by atoms with Gasteiger partial charge in [0, 0.05) is 29.2 Å². The van der Waals surface area contributed by atoms with Crippen LogP contribution in [0.15, 0.2) is 48.5 Å². The fourth-order valence-corrected chi connectivity index (χ4v) is 6.25. The first-order valence-corrected chi connectivity index (χ1v) is 12.1. The Hall–Kier alpha value is -3.81. The first kappa shape index (κ1) is 21.7. The van der Waals surface area contributed by atoms with Crippen LogP contribution in [0.1, 0.15) is 42.2 Å². The molecule has 4 atom stereocenters. The van der Waals surface area contributed by atoms with E-state index in [4.69, 9.17) is 4.74 Å². The Morgan fingerprint density at radius 3 is 2.80 bits per heavy atom. The topological polar surface area (TPSA) is 104 Å². The lowest BCUT2D eigenvalue weighted by Crippen LogP contribution is -2.49. The van der Waals surface area contributed by atoms with Crippen LogP contribution in [-0.2, 0) is 15.0 Å². The van der Waals surface area contributed by atoms with Crippen LogP contribution < -0.4 is 15.4 Å². The molecular weight excluding hydrogens is 444 g/mol. The van der Waals surface area contributed by atoms with Gasteiger partial charge >= 0.3 is 0 Å². The van der Waals surface area contributed by atoms with E-state index in [2.05, 4.69) is 22.5 Å². The number of aromatic amines is 1. The van der Waals surface area contributed by atoms with Gasteiger partial charge in [0.1, 0.15) is 17.5 Å². The predicted molar refractivity (Wildman–Crippen MR) is 131 cm³/mol. The fraction of sp³-hybridized carbons (Fsp3) is 0.370. The summed E-state index contributed by atoms with van der Waals surface area (Å²) >= 11 is 0. The highest BCUT2D eigenvalue weighted by atomic mass is 16.5. The number of hydrogen-bond acceptors (Lipinski definition) is 4. The maximum atomic E-state index is 13.7. The normalized spacial score (nSPS) is 27.5. The average molecular weight is 473 g/mol. The largest absolute Gasteiger partial charge is 0.496 e. The molecule has 3 aliphatic rings. The summed E-state index contributed by atoms with van der Waals surface area (Å²) in [5, 5.41) is 6.79. The van der Waals surface area contributed by atoms with Gasteiger partial charge in [-0.2, -0.15) is 0 Å². The van der Waals surface area contributed by atoms with E-state index in [0.717, 1.165) is 28.6 Å². The monoisotopic (exact) mass is 472 g/mol. The van der Waals surface area contributed by atoms with Gasteiger partial charge in [-0.05, 0) is 55.0 Å². The Morgan fingerprint density at radius 2 is 1.97 bits per heavy atom. The second kappa shape index (κ2) is 7.86. The fourth-order valence-electron chi connectivity index (χ4n) is 6.25. The number of nitrogens with one attached hydrogen (secondary N) is 3. The van der Waals surface area contributed by atoms with Crippen molar-refractivity contribution >= 4 is 34.3 Å². The number of ether oxygens (including phenoxy) is 1. The molecule has 2 fully saturated rings. The maximum Gasteiger partial charge on any atom is 0.268 e. The number of H-pyrrole nitrogens is 1. The van der Waals surface area contributed by atoms with Crippen molar-refractivity contribution in [1.82, 2.24) is 15.2 Å². The van der Waals surface area contributed by atoms with E-state index in [9.17, 15) is 14.4 Å². The third kappa shape index (κ3) is 3.31. The first-order chi connectivity index (χ1) is 16.9. The molecule has 3 N–H and O–H groups in total. The number of para-hydroxylation sites is 1. The third-order valence-corrected chi connectivity index (χ3v) is 7.88. The van der Waals surface area contributed by atoms with Gasteiger partial charge in [0.15, 0.2) is 0 Å². The van der Waals surface area contributed by atoms with Crippen LogP contribution in [0.2, 0.25) is 0 Å². The lowest BCUT2D eigenvalue weighted by atomic mass is 9.78. The minimum atomic E-state index is -0.726. The molecule has 1 unspecified atom stereocenters. The zero-order valence-electron chi connectivity index (χ0n) is 19.8. The molecule has 0 bridgehead atoms. The van der Waals surface area contributed by atoms with E-state index < -0.39 is 11.5 Å². The Labute approximate surface area is 203 Å². The van der Waals surface area contributed by atoms with Gasteiger partial charge in [-0.1, -0.05) is 31.2 Å². The SMILES string of the molecule is COc1cccc2[nH]c(C(=O)N[C@H]3CC(C)C[C@@H]4C[C@@]5(CN4C3=O)C(=O)Nc3ccccc35)cc12. The summed E-state index contributed by atoms with van der Waals surface area (Å²) in [4.78, 5) is 45.0. The van der Waals surface area contributed by atoms with Crippen molar-refractivity contribution in [1.29, 1.82) is 0 Å². The summed E-state index contributed by atoms with van der Waals surface area (Å²) < 4.78 is 5.40. The molecule has 2 aromatic carbocycles. The number of rotatable bonds is 3. The zero-order valence-corrected chi connectivity index (χ0v) is 19.8. The van der Waals surface area contributed by atoms with Crippen molar-refractivity contribution in [2.24, 2.45) is 5.92 Å². The predicted octanol–water partition coefficient (Wildman–Crippen LogP) is 3.20. The highest BCUT2D eigenvalue weighted by molar-refractivity contribution is 6.07. The molecule has 1 spiro atoms. The van der Waals surface area contributed by atoms with Crippen molar-refractivity contribution in [2.45, 2.75) is 43.7 Å². The van der Waals surface area contributed by atoms with Gasteiger partial charge in [-0.3, -0.25) is 14.4 Å². The summed E-state index contributed by atoms with van der Waals surface area (Å²) in [5.74, 6) is 0.412. The molecule has 35 heavy (non-hydrogen) atoms. The van der Waals surface area contributed by atoms with Gasteiger partial charge in [0.2, 0.25) is 11.8 Å². The lowest BCUT2D eigenvalue weighted by Gasteiger charge is -2.26. The van der Waals surface area contributed by atoms with Crippen LogP contribution in [0.4, 0.5) is 5.69 Å². The summed E-state index contributed by atoms with van der Waals surface area (Å²) in [6.07, 6.45) is 1.98. The molecule has 6 rings (SSSR count). The van der Waals surface area contributed by atoms with E-state index in [1.807, 2.05) is 47.4 Å². The lowest BCUT2D eigenvalue weighted by molar-refractivity contribution is -0.133. The molecule has 3 aliphatic heterocycles. The molecule has 8 heteroatoms. The Balaban J connectivity index is 1.27. The molecule has 0 saturated carbocycles. The van der Waals surface area contributed by atoms with Crippen molar-refractivity contribution in [3.8, 4) is 5.75 Å². The summed E-state index contributed by atoms with van der Waals surface area (Å²) in [6.45, 7) is 2.44. The minimum Gasteiger partial charge on any atom is -0.496 e. The van der Waals surface area contributed by atoms with Gasteiger partial charge in [0.25, 0.3) is 5.91 Å². The molecule has 0 radical (unpaired) electrons. The number of fused-ring (bicyclic) bond motifs is 4. The van der Waals surface area contributed by atoms with Crippen molar-refractivity contribution in [3.05, 3.63) is 59.8 Å². The summed E-state index contributed by atoms with van der Waals surface area (Å²) in [6, 6.07) is 14.4. The number of aromatic nitrogens is 1. The van der Waals surface area contributed by atoms with Crippen molar-refractivity contribution in [2.75, 3.05) is 19.0 Å². The van der Waals surface area contributed by atoms with Crippen LogP contribution in [0, 0.1) is 5.92 Å². The highest BCUT2D eigenvalue weighted by Gasteiger charge is 2.57. The molecule has 2 saturated heterocycles. The summed E-state index contributed by atoms with van der Waals surface area (Å²) in [5.41, 5.74) is 2.24. The van der Waals surface area contributed by atoms with E-state index in [-0.39, 0.29) is 29.7 Å². The smallest absolute Gasteiger partial charge is 0.268 e. The van der Waals surface area contributed by atoms with Crippen LogP contribution >= 0.6 is 0 Å². The number of methoxy groups -OCH3 is 1. The second-order valence-electron chi connectivity index (χ2n) is 10.1. The van der Waals surface area contributed by atoms with Crippen LogP contribution in [0.3, 0.4) is 0 Å². The Bertz CT molecular complexity index is 1360. The summed E-state index contributed by atoms with van der Waals surface area (Å²) in [7, 11) is 1.59. The third-order valence-electron chi connectivity index (χ3n) is 7.88. The number of carbonyl (C=O) groups is 3. The van der Waals surface area contributed by atoms with Gasteiger partial charge in [-0.25, -0.2) is 0 Å². The number of nitrogens with zero attached hydrogens (tertiary/aromatic N) is 1. The Morgan fingerprint density at radius 1 is 1.14 bits per heavy atom. The van der Waals surface area contributed by atoms with Gasteiger partial charge in [-0.15, -0.1) is 0 Å². The maximum absolute atomic E-state index is 13.7. The van der Waals surface area contributed by atoms with E-state index in [0.29, 0.717) is 30.8 Å². The minimum absolute atomic E-state index is 0.0337. The average Bonchev–Trinajstić information content (AvgIpc) is 3.51. The highest BCUT2D eigenvalue weighted by Crippen LogP contribution is 2.48. The standard InChI is InChI=1S/C27H28N4O4/c1-15-10-16-13-27(18-6-3-4-7-20(18)30-26(27)34)14-31(16)25(33)22(11-15)29-24(32)21-12-17-19(28-21)8-5-9-23(17)35-2/h3-9,12,15-16,22,28H,10-11,13-14H2,1-2H3,(H,29,32)(H,30,34)/t15?,16-,22+,27+/m1/s1. The Kier molecular flexibility index (Phi) is 4.88. The molecule has 8 nitrogen and oxygen atoms in total. The van der Waals surface area contributed by atoms with E-state index >= 15 is 0 Å². The quantitative estimate of drug-likeness (QED) is 0.545. The molecular formula is C27H28N4O4. The second-order valence-corrected chi connectivity index (χ2v) is 10.1. The number of carbonyl (C=O) groups excluding carboxylic acids is 3. The van der Waals surface area contributed by atoms with Gasteiger partial charge < -0.3 is 25.3 Å². The molecule has 180 valence electrons. The molecule has 3 amide bonds. The van der Waals surface area contributed by atoms with Gasteiger partial charge in [0.05, 0.1) is 12.5 Å². The van der Waals surface area contributed by atoms with Crippen LogP contribution in [0.5, 0.6) is 5.75 Å². The molecule has 0 aliphatic carbocycles. The molecule has 1 aromatic heterocycles. The van der Waals surface area contributed by atoms with Crippen LogP contribution in [-0.4, -0.2) is 53.3 Å². The number of anilines is 1. The number of hydrogen-bond donors (Lipinski definition) is 3.